The highest BCUT2D eigenvalue weighted by Gasteiger charge is 2.11. The van der Waals surface area contributed by atoms with Crippen molar-refractivity contribution in [3.63, 3.8) is 0 Å². The highest BCUT2D eigenvalue weighted by Crippen LogP contribution is 2.19. The summed E-state index contributed by atoms with van der Waals surface area (Å²) in [6.45, 7) is 0.690. The summed E-state index contributed by atoms with van der Waals surface area (Å²) >= 11 is 0. The first-order chi connectivity index (χ1) is 15.3. The van der Waals surface area contributed by atoms with Gasteiger partial charge in [-0.2, -0.15) is 4.52 Å². The fourth-order valence-corrected chi connectivity index (χ4v) is 3.48. The predicted molar refractivity (Wildman–Crippen MR) is 117 cm³/mol. The highest BCUT2D eigenvalue weighted by molar-refractivity contribution is 5.88. The number of ether oxygens (including phenoxy) is 1. The number of carbonyl (C=O) groups is 1. The van der Waals surface area contributed by atoms with E-state index < -0.39 is 0 Å². The molecule has 154 valence electrons. The van der Waals surface area contributed by atoms with Gasteiger partial charge in [-0.15, -0.1) is 15.3 Å². The third kappa shape index (κ3) is 3.95. The van der Waals surface area contributed by atoms with Crippen molar-refractivity contribution < 1.29 is 9.53 Å². The van der Waals surface area contributed by atoms with Gasteiger partial charge in [0.1, 0.15) is 6.61 Å². The molecule has 0 saturated heterocycles. The molecule has 0 aliphatic carbocycles. The second kappa shape index (κ2) is 8.27. The lowest BCUT2D eigenvalue weighted by Crippen LogP contribution is -2.29. The van der Waals surface area contributed by atoms with Crippen LogP contribution in [0.25, 0.3) is 27.9 Å². The Morgan fingerprint density at radius 1 is 1.00 bits per heavy atom. The van der Waals surface area contributed by atoms with Gasteiger partial charge < -0.3 is 15.0 Å². The van der Waals surface area contributed by atoms with Gasteiger partial charge in [0.2, 0.25) is 11.8 Å². The number of para-hydroxylation sites is 1. The molecule has 8 nitrogen and oxygen atoms in total. The zero-order chi connectivity index (χ0) is 21.0. The fraction of sp³-hybridized carbons (Fsp3) is 0.130. The summed E-state index contributed by atoms with van der Waals surface area (Å²) in [7, 11) is 0. The summed E-state index contributed by atoms with van der Waals surface area (Å²) in [6, 6.07) is 21.2. The Morgan fingerprint density at radius 3 is 2.74 bits per heavy atom. The van der Waals surface area contributed by atoms with E-state index in [1.165, 1.54) is 0 Å². The molecule has 0 aliphatic rings. The van der Waals surface area contributed by atoms with Crippen molar-refractivity contribution in [1.82, 2.24) is 30.1 Å². The van der Waals surface area contributed by atoms with Crippen LogP contribution in [0.3, 0.4) is 0 Å². The lowest BCUT2D eigenvalue weighted by atomic mass is 10.1. The van der Waals surface area contributed by atoms with Crippen LogP contribution in [0.5, 0.6) is 5.88 Å². The molecule has 0 atom stereocenters. The fourth-order valence-electron chi connectivity index (χ4n) is 3.48. The lowest BCUT2D eigenvalue weighted by molar-refractivity contribution is -0.120. The Bertz CT molecular complexity index is 1340. The minimum absolute atomic E-state index is 0.0538. The van der Waals surface area contributed by atoms with Crippen LogP contribution < -0.4 is 10.1 Å². The van der Waals surface area contributed by atoms with Crippen LogP contribution in [0.15, 0.2) is 72.9 Å². The molecule has 3 heterocycles. The van der Waals surface area contributed by atoms with Gasteiger partial charge in [-0.3, -0.25) is 4.79 Å². The van der Waals surface area contributed by atoms with E-state index in [4.69, 9.17) is 4.74 Å². The molecule has 0 saturated carbocycles. The molecule has 0 spiro atoms. The number of carbonyl (C=O) groups excluding carboxylic acids is 1. The van der Waals surface area contributed by atoms with Crippen LogP contribution in [0.4, 0.5) is 0 Å². The first-order valence-corrected chi connectivity index (χ1v) is 10.0. The summed E-state index contributed by atoms with van der Waals surface area (Å²) in [6.07, 6.45) is 2.19. The van der Waals surface area contributed by atoms with Gasteiger partial charge in [-0.1, -0.05) is 48.5 Å². The molecule has 0 radical (unpaired) electrons. The number of nitrogens with one attached hydrogen (secondary N) is 2. The predicted octanol–water partition coefficient (Wildman–Crippen LogP) is 3.01. The van der Waals surface area contributed by atoms with Crippen molar-refractivity contribution in [2.45, 2.75) is 6.42 Å². The summed E-state index contributed by atoms with van der Waals surface area (Å²) in [5.41, 5.74) is 3.56. The molecule has 31 heavy (non-hydrogen) atoms. The van der Waals surface area contributed by atoms with Crippen molar-refractivity contribution in [2.24, 2.45) is 0 Å². The molecule has 0 fully saturated rings. The van der Waals surface area contributed by atoms with Crippen molar-refractivity contribution >= 4 is 22.5 Å². The van der Waals surface area contributed by atoms with Gasteiger partial charge in [-0.05, 0) is 17.7 Å². The summed E-state index contributed by atoms with van der Waals surface area (Å²) in [5.74, 6) is 1.03. The highest BCUT2D eigenvalue weighted by atomic mass is 16.5. The van der Waals surface area contributed by atoms with Gasteiger partial charge in [-0.25, -0.2) is 0 Å². The number of aromatic nitrogens is 5. The zero-order valence-corrected chi connectivity index (χ0v) is 16.7. The monoisotopic (exact) mass is 412 g/mol. The SMILES string of the molecule is O=C(Cc1c[nH]c2ccccc12)NCCOc1ccc2nnc(-c3ccccc3)n2n1. The van der Waals surface area contributed by atoms with E-state index in [9.17, 15) is 4.79 Å². The molecule has 8 heteroatoms. The molecule has 0 unspecified atom stereocenters. The Kier molecular flexibility index (Phi) is 5.02. The summed E-state index contributed by atoms with van der Waals surface area (Å²) in [4.78, 5) is 15.5. The smallest absolute Gasteiger partial charge is 0.231 e. The van der Waals surface area contributed by atoms with E-state index in [1.54, 1.807) is 16.6 Å². The van der Waals surface area contributed by atoms with E-state index in [2.05, 4.69) is 25.6 Å². The van der Waals surface area contributed by atoms with E-state index in [-0.39, 0.29) is 5.91 Å². The molecule has 5 aromatic rings. The quantitative estimate of drug-likeness (QED) is 0.401. The number of rotatable bonds is 7. The Labute approximate surface area is 177 Å². The lowest BCUT2D eigenvalue weighted by Gasteiger charge is -2.07. The second-order valence-electron chi connectivity index (χ2n) is 7.07. The van der Waals surface area contributed by atoms with E-state index in [0.717, 1.165) is 22.0 Å². The van der Waals surface area contributed by atoms with Gasteiger partial charge in [0.15, 0.2) is 11.5 Å². The van der Waals surface area contributed by atoms with Crippen molar-refractivity contribution in [1.29, 1.82) is 0 Å². The number of hydrogen-bond acceptors (Lipinski definition) is 5. The van der Waals surface area contributed by atoms with Crippen LogP contribution >= 0.6 is 0 Å². The number of benzene rings is 2. The van der Waals surface area contributed by atoms with Crippen LogP contribution in [-0.2, 0) is 11.2 Å². The molecule has 2 N–H and O–H groups in total. The van der Waals surface area contributed by atoms with Crippen molar-refractivity contribution in [2.75, 3.05) is 13.2 Å². The number of fused-ring (bicyclic) bond motifs is 2. The molecule has 0 aliphatic heterocycles. The largest absolute Gasteiger partial charge is 0.475 e. The first kappa shape index (κ1) is 18.8. The van der Waals surface area contributed by atoms with E-state index >= 15 is 0 Å². The molecular formula is C23H20N6O2. The third-order valence-electron chi connectivity index (χ3n) is 4.97. The Hall–Kier alpha value is -4.20. The van der Waals surface area contributed by atoms with Gasteiger partial charge in [0.05, 0.1) is 13.0 Å². The van der Waals surface area contributed by atoms with Crippen LogP contribution in [0.2, 0.25) is 0 Å². The average molecular weight is 412 g/mol. The van der Waals surface area contributed by atoms with Gasteiger partial charge >= 0.3 is 0 Å². The standard InChI is InChI=1S/C23H20N6O2/c30-21(14-17-15-25-19-9-5-4-8-18(17)19)24-12-13-31-22-11-10-20-26-27-23(29(20)28-22)16-6-2-1-3-7-16/h1-11,15,25H,12-14H2,(H,24,30). The number of H-pyrrole nitrogens is 1. The first-order valence-electron chi connectivity index (χ1n) is 10.0. The van der Waals surface area contributed by atoms with Gasteiger partial charge in [0.25, 0.3) is 0 Å². The normalized spacial score (nSPS) is 11.1. The number of aromatic amines is 1. The van der Waals surface area contributed by atoms with Crippen LogP contribution in [0, 0.1) is 0 Å². The Morgan fingerprint density at radius 2 is 1.84 bits per heavy atom. The third-order valence-corrected chi connectivity index (χ3v) is 4.97. The van der Waals surface area contributed by atoms with Crippen LogP contribution in [-0.4, -0.2) is 43.9 Å². The van der Waals surface area contributed by atoms with Crippen molar-refractivity contribution in [3.05, 3.63) is 78.5 Å². The maximum atomic E-state index is 12.3. The summed E-state index contributed by atoms with van der Waals surface area (Å²) in [5, 5.41) is 16.8. The van der Waals surface area contributed by atoms with E-state index in [1.807, 2.05) is 60.8 Å². The van der Waals surface area contributed by atoms with E-state index in [0.29, 0.717) is 36.9 Å². The number of hydrogen-bond donors (Lipinski definition) is 2. The Balaban J connectivity index is 1.18. The topological polar surface area (TPSA) is 97.2 Å². The van der Waals surface area contributed by atoms with Crippen molar-refractivity contribution in [3.8, 4) is 17.3 Å². The zero-order valence-electron chi connectivity index (χ0n) is 16.7. The maximum Gasteiger partial charge on any atom is 0.231 e. The second-order valence-corrected chi connectivity index (χ2v) is 7.07. The molecule has 0 bridgehead atoms. The van der Waals surface area contributed by atoms with Gasteiger partial charge in [0, 0.05) is 28.7 Å². The number of amides is 1. The number of nitrogens with zero attached hydrogens (tertiary/aromatic N) is 4. The maximum absolute atomic E-state index is 12.3. The molecule has 3 aromatic heterocycles. The average Bonchev–Trinajstić information content (AvgIpc) is 3.41. The summed E-state index contributed by atoms with van der Waals surface area (Å²) < 4.78 is 7.37. The minimum atomic E-state index is -0.0538. The molecular weight excluding hydrogens is 392 g/mol. The molecule has 1 amide bonds. The minimum Gasteiger partial charge on any atom is -0.475 e. The molecule has 2 aromatic carbocycles. The van der Waals surface area contributed by atoms with Crippen LogP contribution in [0.1, 0.15) is 5.56 Å². The molecule has 5 rings (SSSR count).